The van der Waals surface area contributed by atoms with Gasteiger partial charge in [-0.25, -0.2) is 9.97 Å². The molecule has 1 aromatic heterocycles. The molecule has 0 saturated carbocycles. The van der Waals surface area contributed by atoms with Crippen LogP contribution in [0.5, 0.6) is 11.5 Å². The van der Waals surface area contributed by atoms with Crippen molar-refractivity contribution < 1.29 is 14.3 Å². The topological polar surface area (TPSA) is 85.4 Å². The van der Waals surface area contributed by atoms with Gasteiger partial charge in [0.15, 0.2) is 11.5 Å². The van der Waals surface area contributed by atoms with Crippen LogP contribution in [0, 0.1) is 13.8 Å². The molecular formula is C21H22N4O3. The highest BCUT2D eigenvalue weighted by Crippen LogP contribution is 2.30. The molecule has 3 rings (SSSR count). The molecule has 0 spiro atoms. The number of aromatic nitrogens is 2. The number of aryl methyl sites for hydroxylation is 2. The molecule has 0 saturated heterocycles. The maximum Gasteiger partial charge on any atom is 0.275 e. The molecule has 7 heteroatoms. The molecule has 0 bridgehead atoms. The molecule has 144 valence electrons. The lowest BCUT2D eigenvalue weighted by atomic mass is 10.1. The highest BCUT2D eigenvalue weighted by Gasteiger charge is 2.10. The number of carbonyl (C=O) groups is 1. The molecule has 0 radical (unpaired) electrons. The summed E-state index contributed by atoms with van der Waals surface area (Å²) in [5.41, 5.74) is 3.89. The lowest BCUT2D eigenvalue weighted by Gasteiger charge is -2.11. The molecule has 1 heterocycles. The minimum atomic E-state index is -0.310. The van der Waals surface area contributed by atoms with Gasteiger partial charge in [0, 0.05) is 17.4 Å². The number of nitrogens with one attached hydrogen (secondary N) is 2. The van der Waals surface area contributed by atoms with Crippen LogP contribution < -0.4 is 20.1 Å². The van der Waals surface area contributed by atoms with E-state index in [0.717, 1.165) is 22.5 Å². The third-order valence-corrected chi connectivity index (χ3v) is 4.02. The molecular weight excluding hydrogens is 356 g/mol. The first kappa shape index (κ1) is 19.2. The van der Waals surface area contributed by atoms with E-state index in [1.807, 2.05) is 38.1 Å². The Balaban J connectivity index is 1.70. The Labute approximate surface area is 163 Å². The Morgan fingerprint density at radius 1 is 0.857 bits per heavy atom. The number of carbonyl (C=O) groups excluding carboxylic acids is 1. The maximum absolute atomic E-state index is 12.4. The molecule has 2 N–H and O–H groups in total. The van der Waals surface area contributed by atoms with Gasteiger partial charge in [0.25, 0.3) is 5.91 Å². The molecule has 7 nitrogen and oxygen atoms in total. The van der Waals surface area contributed by atoms with E-state index >= 15 is 0 Å². The molecule has 28 heavy (non-hydrogen) atoms. The molecule has 0 atom stereocenters. The Morgan fingerprint density at radius 2 is 1.57 bits per heavy atom. The summed E-state index contributed by atoms with van der Waals surface area (Å²) in [4.78, 5) is 20.9. The zero-order valence-electron chi connectivity index (χ0n) is 16.2. The van der Waals surface area contributed by atoms with Crippen LogP contribution in [0.15, 0.2) is 48.8 Å². The van der Waals surface area contributed by atoms with Gasteiger partial charge in [0.2, 0.25) is 0 Å². The minimum absolute atomic E-state index is 0.233. The molecule has 0 aliphatic carbocycles. The van der Waals surface area contributed by atoms with Crippen molar-refractivity contribution in [2.75, 3.05) is 24.9 Å². The average molecular weight is 378 g/mol. The van der Waals surface area contributed by atoms with Crippen molar-refractivity contribution in [3.63, 3.8) is 0 Å². The zero-order valence-corrected chi connectivity index (χ0v) is 16.2. The quantitative estimate of drug-likeness (QED) is 0.671. The van der Waals surface area contributed by atoms with E-state index in [-0.39, 0.29) is 11.6 Å². The number of ether oxygens (including phenoxy) is 2. The predicted octanol–water partition coefficient (Wildman–Crippen LogP) is 4.11. The second-order valence-electron chi connectivity index (χ2n) is 6.31. The van der Waals surface area contributed by atoms with Crippen molar-refractivity contribution in [2.45, 2.75) is 13.8 Å². The number of hydrogen-bond acceptors (Lipinski definition) is 6. The lowest BCUT2D eigenvalue weighted by Crippen LogP contribution is -2.14. The van der Waals surface area contributed by atoms with Crippen molar-refractivity contribution in [3.05, 3.63) is 65.6 Å². The van der Waals surface area contributed by atoms with E-state index < -0.39 is 0 Å². The molecule has 0 aliphatic rings. The fourth-order valence-corrected chi connectivity index (χ4v) is 2.81. The Bertz CT molecular complexity index is 967. The van der Waals surface area contributed by atoms with Crippen molar-refractivity contribution in [1.82, 2.24) is 9.97 Å². The summed E-state index contributed by atoms with van der Waals surface area (Å²) in [6.45, 7) is 3.97. The third kappa shape index (κ3) is 4.56. The molecule has 0 unspecified atom stereocenters. The predicted molar refractivity (Wildman–Crippen MR) is 109 cm³/mol. The fourth-order valence-electron chi connectivity index (χ4n) is 2.81. The van der Waals surface area contributed by atoms with E-state index in [4.69, 9.17) is 9.47 Å². The molecule has 0 aliphatic heterocycles. The van der Waals surface area contributed by atoms with Crippen molar-refractivity contribution in [2.24, 2.45) is 0 Å². The molecule has 3 aromatic rings. The average Bonchev–Trinajstić information content (AvgIpc) is 2.67. The second-order valence-corrected chi connectivity index (χ2v) is 6.31. The first-order chi connectivity index (χ1) is 13.5. The number of nitrogens with zero attached hydrogens (tertiary/aromatic N) is 2. The highest BCUT2D eigenvalue weighted by atomic mass is 16.5. The normalized spacial score (nSPS) is 10.3. The van der Waals surface area contributed by atoms with Crippen molar-refractivity contribution in [1.29, 1.82) is 0 Å². The van der Waals surface area contributed by atoms with Gasteiger partial charge in [0.05, 0.1) is 26.6 Å². The van der Waals surface area contributed by atoms with E-state index in [9.17, 15) is 4.79 Å². The van der Waals surface area contributed by atoms with E-state index in [2.05, 4.69) is 20.6 Å². The van der Waals surface area contributed by atoms with Gasteiger partial charge in [-0.3, -0.25) is 4.79 Å². The van der Waals surface area contributed by atoms with Crippen LogP contribution in [-0.2, 0) is 0 Å². The third-order valence-electron chi connectivity index (χ3n) is 4.02. The van der Waals surface area contributed by atoms with Crippen molar-refractivity contribution in [3.8, 4) is 11.5 Å². The SMILES string of the molecule is COc1ccc(Nc2cnc(C(=O)Nc3cc(C)cc(C)c3)cn2)cc1OC. The van der Waals surface area contributed by atoms with Crippen LogP contribution in [0.2, 0.25) is 0 Å². The maximum atomic E-state index is 12.4. The summed E-state index contributed by atoms with van der Waals surface area (Å²) in [7, 11) is 3.16. The first-order valence-corrected chi connectivity index (χ1v) is 8.69. The van der Waals surface area contributed by atoms with Crippen LogP contribution in [-0.4, -0.2) is 30.1 Å². The van der Waals surface area contributed by atoms with Crippen LogP contribution in [0.4, 0.5) is 17.2 Å². The standard InChI is InChI=1S/C21H22N4O3/c1-13-7-14(2)9-16(8-13)25-21(26)17-11-23-20(12-22-17)24-15-5-6-18(27-3)19(10-15)28-4/h5-12H,1-4H3,(H,23,24)(H,25,26). The molecule has 2 aromatic carbocycles. The Hall–Kier alpha value is -3.61. The van der Waals surface area contributed by atoms with Crippen LogP contribution in [0.25, 0.3) is 0 Å². The van der Waals surface area contributed by atoms with Crippen molar-refractivity contribution >= 4 is 23.1 Å². The number of anilines is 3. The van der Waals surface area contributed by atoms with Gasteiger partial charge in [-0.05, 0) is 49.2 Å². The first-order valence-electron chi connectivity index (χ1n) is 8.69. The van der Waals surface area contributed by atoms with Gasteiger partial charge in [0.1, 0.15) is 11.5 Å². The summed E-state index contributed by atoms with van der Waals surface area (Å²) >= 11 is 0. The van der Waals surface area contributed by atoms with Gasteiger partial charge in [-0.15, -0.1) is 0 Å². The number of benzene rings is 2. The summed E-state index contributed by atoms with van der Waals surface area (Å²) in [5.74, 6) is 1.44. The van der Waals surface area contributed by atoms with Crippen LogP contribution in [0.1, 0.15) is 21.6 Å². The summed E-state index contributed by atoms with van der Waals surface area (Å²) in [5, 5.41) is 5.96. The van der Waals surface area contributed by atoms with Crippen LogP contribution in [0.3, 0.4) is 0 Å². The van der Waals surface area contributed by atoms with Gasteiger partial charge < -0.3 is 20.1 Å². The van der Waals surface area contributed by atoms with Gasteiger partial charge >= 0.3 is 0 Å². The molecule has 0 fully saturated rings. The fraction of sp³-hybridized carbons (Fsp3) is 0.190. The largest absolute Gasteiger partial charge is 0.493 e. The number of amides is 1. The minimum Gasteiger partial charge on any atom is -0.493 e. The van der Waals surface area contributed by atoms with Gasteiger partial charge in [-0.1, -0.05) is 6.07 Å². The monoisotopic (exact) mass is 378 g/mol. The van der Waals surface area contributed by atoms with Gasteiger partial charge in [-0.2, -0.15) is 0 Å². The number of hydrogen-bond donors (Lipinski definition) is 2. The number of methoxy groups -OCH3 is 2. The zero-order chi connectivity index (χ0) is 20.1. The van der Waals surface area contributed by atoms with Crippen LogP contribution >= 0.6 is 0 Å². The van der Waals surface area contributed by atoms with E-state index in [1.165, 1.54) is 12.4 Å². The Morgan fingerprint density at radius 3 is 2.18 bits per heavy atom. The Kier molecular flexibility index (Phi) is 5.74. The van der Waals surface area contributed by atoms with E-state index in [0.29, 0.717) is 17.3 Å². The smallest absolute Gasteiger partial charge is 0.275 e. The summed E-state index contributed by atoms with van der Waals surface area (Å²) in [6, 6.07) is 11.3. The molecule has 1 amide bonds. The lowest BCUT2D eigenvalue weighted by molar-refractivity contribution is 0.102. The summed E-state index contributed by atoms with van der Waals surface area (Å²) < 4.78 is 10.5. The number of rotatable bonds is 6. The summed E-state index contributed by atoms with van der Waals surface area (Å²) in [6.07, 6.45) is 2.94. The van der Waals surface area contributed by atoms with E-state index in [1.54, 1.807) is 26.4 Å². The highest BCUT2D eigenvalue weighted by molar-refractivity contribution is 6.02. The second kappa shape index (κ2) is 8.39.